The van der Waals surface area contributed by atoms with Crippen molar-refractivity contribution in [3.8, 4) is 114 Å². The predicted molar refractivity (Wildman–Crippen MR) is 323 cm³/mol. The maximum atomic E-state index is 11.0. The molecule has 0 aliphatic heterocycles. The molecule has 2 heterocycles. The standard InChI is InChI=1S/C37H47N3O2.C30H33N3O6/c1-6-7-8-9-10-11-12-13-14-15-22-42-30-18-21-33(34(41)25-30)37-39-35(31-19-16-26(2)23-28(31)4)38-36(40-37)32-20-17-27(3)24-29(32)5;1-16(2)37-19-7-10-22(25(34)13-19)28-31-29(23-11-8-20(14-26(23)35)38-17(3)4)33-30(32-28)24-12-9-21(15-27(24)36)39-18(5)6/h16-21,23-25,41H,6-15,22H2,1-5H3;7-18,34-36H,1-6H3. The van der Waals surface area contributed by atoms with Crippen LogP contribution in [0.4, 0.5) is 0 Å². The van der Waals surface area contributed by atoms with Crippen molar-refractivity contribution in [1.82, 2.24) is 29.9 Å². The van der Waals surface area contributed by atoms with E-state index < -0.39 is 0 Å². The molecule has 0 radical (unpaired) electrons. The van der Waals surface area contributed by atoms with E-state index in [0.29, 0.717) is 69.3 Å². The number of phenolic OH excluding ortho intramolecular Hbond substituents is 4. The number of benzene rings is 6. The van der Waals surface area contributed by atoms with Crippen molar-refractivity contribution >= 4 is 0 Å². The Morgan fingerprint density at radius 1 is 0.333 bits per heavy atom. The fourth-order valence-electron chi connectivity index (χ4n) is 9.31. The topological polar surface area (TPSA) is 195 Å². The summed E-state index contributed by atoms with van der Waals surface area (Å²) in [5.41, 5.74) is 8.01. The van der Waals surface area contributed by atoms with Crippen LogP contribution in [0, 0.1) is 27.7 Å². The van der Waals surface area contributed by atoms with Crippen molar-refractivity contribution in [2.75, 3.05) is 6.61 Å². The Balaban J connectivity index is 0.000000234. The SMILES string of the molecule is CC(C)Oc1ccc(-c2nc(-c3ccc(OC(C)C)cc3O)nc(-c3ccc(OC(C)C)cc3O)n2)c(O)c1.CCCCCCCCCCCCOc1ccc(-c2nc(-c3ccc(C)cc3C)nc(-c3ccc(C)cc3C)n2)c(O)c1. The Bertz CT molecular complexity index is 3120. The van der Waals surface area contributed by atoms with Gasteiger partial charge in [-0.1, -0.05) is 112 Å². The summed E-state index contributed by atoms with van der Waals surface area (Å²) in [7, 11) is 0. The summed E-state index contributed by atoms with van der Waals surface area (Å²) in [6, 6.07) is 32.5. The highest BCUT2D eigenvalue weighted by molar-refractivity contribution is 5.75. The van der Waals surface area contributed by atoms with Gasteiger partial charge in [0, 0.05) is 35.4 Å². The van der Waals surface area contributed by atoms with Crippen LogP contribution in [0.25, 0.3) is 68.3 Å². The van der Waals surface area contributed by atoms with Crippen LogP contribution in [-0.2, 0) is 0 Å². The smallest absolute Gasteiger partial charge is 0.167 e. The minimum Gasteiger partial charge on any atom is -0.507 e. The van der Waals surface area contributed by atoms with Crippen LogP contribution in [0.2, 0.25) is 0 Å². The number of aromatic nitrogens is 6. The van der Waals surface area contributed by atoms with Gasteiger partial charge in [0.15, 0.2) is 34.9 Å². The largest absolute Gasteiger partial charge is 0.507 e. The molecule has 6 aromatic carbocycles. The first-order chi connectivity index (χ1) is 38.8. The molecule has 14 nitrogen and oxygen atoms in total. The van der Waals surface area contributed by atoms with E-state index in [-0.39, 0.29) is 58.8 Å². The number of aromatic hydroxyl groups is 4. The van der Waals surface area contributed by atoms with Gasteiger partial charge >= 0.3 is 0 Å². The summed E-state index contributed by atoms with van der Waals surface area (Å²) in [4.78, 5) is 28.2. The van der Waals surface area contributed by atoms with E-state index in [4.69, 9.17) is 33.9 Å². The van der Waals surface area contributed by atoms with Crippen molar-refractivity contribution in [3.05, 3.63) is 131 Å². The summed E-state index contributed by atoms with van der Waals surface area (Å²) >= 11 is 0. The van der Waals surface area contributed by atoms with Crippen molar-refractivity contribution < 1.29 is 39.4 Å². The Morgan fingerprint density at radius 2 is 0.605 bits per heavy atom. The van der Waals surface area contributed by atoms with Crippen molar-refractivity contribution in [2.24, 2.45) is 0 Å². The molecule has 2 aromatic heterocycles. The molecule has 0 atom stereocenters. The van der Waals surface area contributed by atoms with Gasteiger partial charge in [-0.3, -0.25) is 0 Å². The summed E-state index contributed by atoms with van der Waals surface area (Å²) < 4.78 is 23.0. The summed E-state index contributed by atoms with van der Waals surface area (Å²) in [6.45, 7) is 22.6. The molecule has 14 heteroatoms. The molecule has 81 heavy (non-hydrogen) atoms. The maximum absolute atomic E-state index is 11.0. The third-order valence-electron chi connectivity index (χ3n) is 13.2. The van der Waals surface area contributed by atoms with E-state index in [1.165, 1.54) is 87.1 Å². The van der Waals surface area contributed by atoms with Crippen LogP contribution in [0.15, 0.2) is 109 Å². The average Bonchev–Trinajstić information content (AvgIpc) is 3.49. The number of hydrogen-bond acceptors (Lipinski definition) is 14. The van der Waals surface area contributed by atoms with Gasteiger partial charge in [0.1, 0.15) is 46.0 Å². The molecule has 0 bridgehead atoms. The van der Waals surface area contributed by atoms with Crippen molar-refractivity contribution in [1.29, 1.82) is 0 Å². The number of unbranched alkanes of at least 4 members (excludes halogenated alkanes) is 9. The monoisotopic (exact) mass is 1100 g/mol. The molecule has 0 aliphatic carbocycles. The van der Waals surface area contributed by atoms with Crippen LogP contribution in [-0.4, -0.2) is 75.2 Å². The average molecular weight is 1100 g/mol. The minimum absolute atomic E-state index is 0.0677. The minimum atomic E-state index is -0.0916. The second-order valence-electron chi connectivity index (χ2n) is 21.5. The number of rotatable bonds is 24. The van der Waals surface area contributed by atoms with E-state index in [9.17, 15) is 20.4 Å². The molecular formula is C67H80N6O8. The maximum Gasteiger partial charge on any atom is 0.167 e. The second-order valence-corrected chi connectivity index (χ2v) is 21.5. The van der Waals surface area contributed by atoms with Crippen molar-refractivity contribution in [2.45, 2.75) is 159 Å². The highest BCUT2D eigenvalue weighted by atomic mass is 16.5. The third kappa shape index (κ3) is 17.1. The zero-order valence-electron chi connectivity index (χ0n) is 49.0. The Kier molecular flexibility index (Phi) is 21.4. The lowest BCUT2D eigenvalue weighted by atomic mass is 10.0. The first-order valence-electron chi connectivity index (χ1n) is 28.5. The van der Waals surface area contributed by atoms with Crippen LogP contribution in [0.5, 0.6) is 46.0 Å². The Hall–Kier alpha value is -8.26. The van der Waals surface area contributed by atoms with Gasteiger partial charge in [0.05, 0.1) is 47.2 Å². The zero-order chi connectivity index (χ0) is 58.2. The summed E-state index contributed by atoms with van der Waals surface area (Å²) in [5, 5.41) is 43.5. The highest BCUT2D eigenvalue weighted by Crippen LogP contribution is 2.39. The molecule has 8 aromatic rings. The van der Waals surface area contributed by atoms with Gasteiger partial charge in [-0.25, -0.2) is 29.9 Å². The Labute approximate surface area is 478 Å². The fraction of sp³-hybridized carbons (Fsp3) is 0.373. The van der Waals surface area contributed by atoms with Gasteiger partial charge in [0.2, 0.25) is 0 Å². The first-order valence-corrected chi connectivity index (χ1v) is 28.5. The van der Waals surface area contributed by atoms with Gasteiger partial charge in [-0.15, -0.1) is 0 Å². The van der Waals surface area contributed by atoms with Crippen LogP contribution in [0.3, 0.4) is 0 Å². The second kappa shape index (κ2) is 28.8. The molecule has 0 unspecified atom stereocenters. The van der Waals surface area contributed by atoms with Gasteiger partial charge in [-0.2, -0.15) is 0 Å². The van der Waals surface area contributed by atoms with E-state index in [0.717, 1.165) is 28.7 Å². The number of phenols is 4. The lowest BCUT2D eigenvalue weighted by molar-refractivity contribution is 0.241. The number of ether oxygens (including phenoxy) is 4. The quantitative estimate of drug-likeness (QED) is 0.0417. The lowest BCUT2D eigenvalue weighted by Crippen LogP contribution is -2.06. The van der Waals surface area contributed by atoms with Crippen LogP contribution in [0.1, 0.15) is 135 Å². The molecule has 0 spiro atoms. The zero-order valence-corrected chi connectivity index (χ0v) is 49.0. The molecule has 0 aliphatic rings. The molecule has 0 amide bonds. The summed E-state index contributed by atoms with van der Waals surface area (Å²) in [6.07, 6.45) is 12.7. The molecule has 426 valence electrons. The molecule has 0 saturated heterocycles. The molecule has 0 fully saturated rings. The van der Waals surface area contributed by atoms with Gasteiger partial charge in [0.25, 0.3) is 0 Å². The number of hydrogen-bond donors (Lipinski definition) is 4. The molecule has 4 N–H and O–H groups in total. The number of aryl methyl sites for hydroxylation is 4. The third-order valence-corrected chi connectivity index (χ3v) is 13.2. The molecule has 8 rings (SSSR count). The lowest BCUT2D eigenvalue weighted by Gasteiger charge is -2.14. The van der Waals surface area contributed by atoms with Gasteiger partial charge in [-0.05, 0) is 135 Å². The highest BCUT2D eigenvalue weighted by Gasteiger charge is 2.21. The number of nitrogens with zero attached hydrogens (tertiary/aromatic N) is 6. The van der Waals surface area contributed by atoms with E-state index >= 15 is 0 Å². The Morgan fingerprint density at radius 3 is 0.901 bits per heavy atom. The summed E-state index contributed by atoms with van der Waals surface area (Å²) in [5.74, 6) is 4.03. The normalized spacial score (nSPS) is 11.2. The van der Waals surface area contributed by atoms with E-state index in [1.54, 1.807) is 42.5 Å². The van der Waals surface area contributed by atoms with E-state index in [1.807, 2.05) is 53.7 Å². The van der Waals surface area contributed by atoms with Crippen LogP contribution < -0.4 is 18.9 Å². The first kappa shape index (κ1) is 60.4. The van der Waals surface area contributed by atoms with Gasteiger partial charge < -0.3 is 39.4 Å². The van der Waals surface area contributed by atoms with Crippen LogP contribution >= 0.6 is 0 Å². The van der Waals surface area contributed by atoms with E-state index in [2.05, 4.69) is 86.0 Å². The fourth-order valence-corrected chi connectivity index (χ4v) is 9.31. The van der Waals surface area contributed by atoms with Crippen molar-refractivity contribution in [3.63, 3.8) is 0 Å². The predicted octanol–water partition coefficient (Wildman–Crippen LogP) is 16.5. The molecular weight excluding hydrogens is 1020 g/mol. The molecule has 0 saturated carbocycles.